The van der Waals surface area contributed by atoms with Crippen LogP contribution in [0.2, 0.25) is 0 Å². The van der Waals surface area contributed by atoms with Crippen LogP contribution >= 0.6 is 0 Å². The highest BCUT2D eigenvalue weighted by molar-refractivity contribution is 5.61. The number of nitrogens with zero attached hydrogens (tertiary/aromatic N) is 2. The second-order valence-corrected chi connectivity index (χ2v) is 4.12. The van der Waals surface area contributed by atoms with Gasteiger partial charge in [-0.25, -0.2) is 4.98 Å². The zero-order valence-corrected chi connectivity index (χ0v) is 10.1. The van der Waals surface area contributed by atoms with E-state index in [2.05, 4.69) is 16.4 Å². The van der Waals surface area contributed by atoms with Crippen LogP contribution in [-0.4, -0.2) is 4.98 Å². The Morgan fingerprint density at radius 2 is 2.22 bits per heavy atom. The number of anilines is 2. The van der Waals surface area contributed by atoms with Gasteiger partial charge >= 0.3 is 0 Å². The lowest BCUT2D eigenvalue weighted by Crippen LogP contribution is -2.04. The number of hydrogen-bond donors (Lipinski definition) is 2. The normalized spacial score (nSPS) is 9.78. The van der Waals surface area contributed by atoms with Gasteiger partial charge in [0.05, 0.1) is 17.3 Å². The molecule has 1 aromatic heterocycles. The minimum absolute atomic E-state index is 0.593. The standard InChI is InChI=1S/C14H14N4/c1-10-5-13(16)14(17-8-10)18-9-12-4-2-3-11(6-12)7-15/h2-6,8H,9,16H2,1H3,(H,17,18). The SMILES string of the molecule is Cc1cnc(NCc2cccc(C#N)c2)c(N)c1. The molecule has 0 saturated carbocycles. The molecule has 2 rings (SSSR count). The van der Waals surface area contributed by atoms with Crippen molar-refractivity contribution >= 4 is 11.5 Å². The molecule has 0 amide bonds. The van der Waals surface area contributed by atoms with Gasteiger partial charge in [-0.3, -0.25) is 0 Å². The Labute approximate surface area is 106 Å². The first-order valence-electron chi connectivity index (χ1n) is 5.64. The van der Waals surface area contributed by atoms with Crippen LogP contribution in [0.1, 0.15) is 16.7 Å². The van der Waals surface area contributed by atoms with Gasteiger partial charge in [0.2, 0.25) is 0 Å². The summed E-state index contributed by atoms with van der Waals surface area (Å²) in [4.78, 5) is 4.23. The second-order valence-electron chi connectivity index (χ2n) is 4.12. The third-order valence-corrected chi connectivity index (χ3v) is 2.57. The van der Waals surface area contributed by atoms with E-state index in [0.717, 1.165) is 11.1 Å². The molecule has 18 heavy (non-hydrogen) atoms. The summed E-state index contributed by atoms with van der Waals surface area (Å²) in [5, 5.41) is 12.0. The predicted octanol–water partition coefficient (Wildman–Crippen LogP) is 2.46. The molecule has 4 heteroatoms. The van der Waals surface area contributed by atoms with E-state index in [-0.39, 0.29) is 0 Å². The molecule has 90 valence electrons. The van der Waals surface area contributed by atoms with E-state index >= 15 is 0 Å². The van der Waals surface area contributed by atoms with Gasteiger partial charge in [-0.1, -0.05) is 12.1 Å². The van der Waals surface area contributed by atoms with Gasteiger partial charge in [0.15, 0.2) is 0 Å². The fourth-order valence-corrected chi connectivity index (χ4v) is 1.68. The molecule has 0 fully saturated rings. The smallest absolute Gasteiger partial charge is 0.149 e. The largest absolute Gasteiger partial charge is 0.396 e. The number of aromatic nitrogens is 1. The first-order chi connectivity index (χ1) is 8.69. The quantitative estimate of drug-likeness (QED) is 0.861. The second kappa shape index (κ2) is 5.19. The summed E-state index contributed by atoms with van der Waals surface area (Å²) in [6.07, 6.45) is 1.77. The van der Waals surface area contributed by atoms with Gasteiger partial charge in [0.25, 0.3) is 0 Å². The molecule has 0 atom stereocenters. The van der Waals surface area contributed by atoms with E-state index in [4.69, 9.17) is 11.0 Å². The van der Waals surface area contributed by atoms with Crippen LogP contribution < -0.4 is 11.1 Å². The Balaban J connectivity index is 2.09. The lowest BCUT2D eigenvalue weighted by molar-refractivity contribution is 1.11. The van der Waals surface area contributed by atoms with Crippen molar-refractivity contribution in [1.82, 2.24) is 4.98 Å². The molecular formula is C14H14N4. The summed E-state index contributed by atoms with van der Waals surface area (Å²) in [6, 6.07) is 11.4. The predicted molar refractivity (Wildman–Crippen MR) is 71.9 cm³/mol. The van der Waals surface area contributed by atoms with E-state index in [1.807, 2.05) is 31.2 Å². The maximum absolute atomic E-state index is 8.82. The van der Waals surface area contributed by atoms with Crippen molar-refractivity contribution in [3.63, 3.8) is 0 Å². The number of rotatable bonds is 3. The van der Waals surface area contributed by atoms with Gasteiger partial charge in [-0.05, 0) is 36.2 Å². The van der Waals surface area contributed by atoms with Crippen LogP contribution in [-0.2, 0) is 6.54 Å². The Bertz CT molecular complexity index is 599. The molecule has 0 bridgehead atoms. The van der Waals surface area contributed by atoms with Gasteiger partial charge in [-0.15, -0.1) is 0 Å². The molecule has 1 aromatic carbocycles. The molecule has 0 aliphatic heterocycles. The van der Waals surface area contributed by atoms with E-state index < -0.39 is 0 Å². The Morgan fingerprint density at radius 1 is 1.39 bits per heavy atom. The highest BCUT2D eigenvalue weighted by Gasteiger charge is 2.01. The first-order valence-corrected chi connectivity index (χ1v) is 5.64. The van der Waals surface area contributed by atoms with Crippen molar-refractivity contribution in [2.75, 3.05) is 11.1 Å². The molecular weight excluding hydrogens is 224 g/mol. The molecule has 0 spiro atoms. The average Bonchev–Trinajstić information content (AvgIpc) is 2.38. The van der Waals surface area contributed by atoms with Crippen molar-refractivity contribution in [3.05, 3.63) is 53.2 Å². The molecule has 0 unspecified atom stereocenters. The number of nitrogens with two attached hydrogens (primary N) is 1. The third kappa shape index (κ3) is 2.77. The fraction of sp³-hybridized carbons (Fsp3) is 0.143. The molecule has 3 N–H and O–H groups in total. The summed E-state index contributed by atoms with van der Waals surface area (Å²) in [5.74, 6) is 0.669. The van der Waals surface area contributed by atoms with Crippen LogP contribution in [0, 0.1) is 18.3 Å². The van der Waals surface area contributed by atoms with Crippen molar-refractivity contribution in [3.8, 4) is 6.07 Å². The highest BCUT2D eigenvalue weighted by atomic mass is 15.0. The highest BCUT2D eigenvalue weighted by Crippen LogP contribution is 2.17. The van der Waals surface area contributed by atoms with E-state index in [0.29, 0.717) is 23.6 Å². The number of nitriles is 1. The summed E-state index contributed by atoms with van der Waals surface area (Å²) >= 11 is 0. The van der Waals surface area contributed by atoms with Crippen molar-refractivity contribution < 1.29 is 0 Å². The number of nitrogen functional groups attached to an aromatic ring is 1. The van der Waals surface area contributed by atoms with Crippen molar-refractivity contribution in [2.24, 2.45) is 0 Å². The Hall–Kier alpha value is -2.54. The monoisotopic (exact) mass is 238 g/mol. The zero-order chi connectivity index (χ0) is 13.0. The minimum Gasteiger partial charge on any atom is -0.396 e. The van der Waals surface area contributed by atoms with Gasteiger partial charge in [-0.2, -0.15) is 5.26 Å². The number of nitrogens with one attached hydrogen (secondary N) is 1. The molecule has 0 aliphatic rings. The number of aryl methyl sites for hydroxylation is 1. The maximum atomic E-state index is 8.82. The molecule has 4 nitrogen and oxygen atoms in total. The van der Waals surface area contributed by atoms with Crippen LogP contribution in [0.5, 0.6) is 0 Å². The topological polar surface area (TPSA) is 74.7 Å². The number of hydrogen-bond acceptors (Lipinski definition) is 4. The minimum atomic E-state index is 0.593. The molecule has 0 radical (unpaired) electrons. The molecule has 0 aliphatic carbocycles. The lowest BCUT2D eigenvalue weighted by atomic mass is 10.1. The number of benzene rings is 1. The summed E-state index contributed by atoms with van der Waals surface area (Å²) in [6.45, 7) is 2.54. The summed E-state index contributed by atoms with van der Waals surface area (Å²) in [5.41, 5.74) is 9.20. The third-order valence-electron chi connectivity index (χ3n) is 2.57. The molecule has 0 saturated heterocycles. The van der Waals surface area contributed by atoms with Gasteiger partial charge in [0.1, 0.15) is 5.82 Å². The van der Waals surface area contributed by atoms with Crippen molar-refractivity contribution in [1.29, 1.82) is 5.26 Å². The molecule has 2 aromatic rings. The average molecular weight is 238 g/mol. The Morgan fingerprint density at radius 3 is 2.94 bits per heavy atom. The fourth-order valence-electron chi connectivity index (χ4n) is 1.68. The Kier molecular flexibility index (Phi) is 3.44. The van der Waals surface area contributed by atoms with E-state index in [1.54, 1.807) is 12.3 Å². The van der Waals surface area contributed by atoms with Gasteiger partial charge in [0, 0.05) is 12.7 Å². The van der Waals surface area contributed by atoms with Crippen LogP contribution in [0.25, 0.3) is 0 Å². The first kappa shape index (κ1) is 11.9. The van der Waals surface area contributed by atoms with Crippen LogP contribution in [0.4, 0.5) is 11.5 Å². The van der Waals surface area contributed by atoms with Crippen LogP contribution in [0.15, 0.2) is 36.5 Å². The molecule has 1 heterocycles. The lowest BCUT2D eigenvalue weighted by Gasteiger charge is -2.09. The van der Waals surface area contributed by atoms with Crippen molar-refractivity contribution in [2.45, 2.75) is 13.5 Å². The van der Waals surface area contributed by atoms with E-state index in [9.17, 15) is 0 Å². The maximum Gasteiger partial charge on any atom is 0.149 e. The number of pyridine rings is 1. The van der Waals surface area contributed by atoms with Crippen LogP contribution in [0.3, 0.4) is 0 Å². The van der Waals surface area contributed by atoms with Gasteiger partial charge < -0.3 is 11.1 Å². The summed E-state index contributed by atoms with van der Waals surface area (Å²) in [7, 11) is 0. The zero-order valence-electron chi connectivity index (χ0n) is 10.1. The summed E-state index contributed by atoms with van der Waals surface area (Å²) < 4.78 is 0. The van der Waals surface area contributed by atoms with E-state index in [1.165, 1.54) is 0 Å².